The molecule has 0 bridgehead atoms. The molecule has 0 aliphatic rings. The van der Waals surface area contributed by atoms with Gasteiger partial charge in [0.15, 0.2) is 0 Å². The van der Waals surface area contributed by atoms with Crippen LogP contribution >= 0.6 is 11.6 Å². The van der Waals surface area contributed by atoms with Gasteiger partial charge in [-0.3, -0.25) is 9.59 Å². The number of nitrogens with one attached hydrogen (secondary N) is 2. The third kappa shape index (κ3) is 2.73. The molecular weight excluding hydrogens is 300 g/mol. The Kier molecular flexibility index (Phi) is 3.69. The predicted molar refractivity (Wildman–Crippen MR) is 88.7 cm³/mol. The maximum atomic E-state index is 12.5. The van der Waals surface area contributed by atoms with E-state index in [1.54, 1.807) is 30.3 Å². The molecule has 0 radical (unpaired) electrons. The SMILES string of the molecule is Cc1ccc(NC(=O)c2cc(=O)[nH]c3ccccc23)c(Cl)c1. The quantitative estimate of drug-likeness (QED) is 0.757. The summed E-state index contributed by atoms with van der Waals surface area (Å²) in [5, 5.41) is 3.89. The zero-order valence-corrected chi connectivity index (χ0v) is 12.6. The van der Waals surface area contributed by atoms with Gasteiger partial charge in [-0.2, -0.15) is 0 Å². The Labute approximate surface area is 131 Å². The first kappa shape index (κ1) is 14.4. The highest BCUT2D eigenvalue weighted by Gasteiger charge is 2.13. The zero-order valence-electron chi connectivity index (χ0n) is 11.8. The third-order valence-electron chi connectivity index (χ3n) is 3.37. The number of aromatic amines is 1. The van der Waals surface area contributed by atoms with Gasteiger partial charge in [-0.15, -0.1) is 0 Å². The number of rotatable bonds is 2. The van der Waals surface area contributed by atoms with Crippen molar-refractivity contribution in [2.45, 2.75) is 6.92 Å². The van der Waals surface area contributed by atoms with Crippen LogP contribution in [0.3, 0.4) is 0 Å². The van der Waals surface area contributed by atoms with E-state index < -0.39 is 0 Å². The number of H-pyrrole nitrogens is 1. The van der Waals surface area contributed by atoms with E-state index in [2.05, 4.69) is 10.3 Å². The molecule has 2 aromatic carbocycles. The molecule has 0 saturated heterocycles. The summed E-state index contributed by atoms with van der Waals surface area (Å²) < 4.78 is 0. The molecular formula is C17H13ClN2O2. The van der Waals surface area contributed by atoms with E-state index in [0.29, 0.717) is 27.2 Å². The lowest BCUT2D eigenvalue weighted by Crippen LogP contribution is -2.17. The summed E-state index contributed by atoms with van der Waals surface area (Å²) in [5.41, 5.74) is 2.14. The lowest BCUT2D eigenvalue weighted by atomic mass is 10.1. The summed E-state index contributed by atoms with van der Waals surface area (Å²) in [6.45, 7) is 1.92. The van der Waals surface area contributed by atoms with Gasteiger partial charge in [0.05, 0.1) is 16.3 Å². The monoisotopic (exact) mass is 312 g/mol. The molecule has 0 fully saturated rings. The fourth-order valence-corrected chi connectivity index (χ4v) is 2.59. The van der Waals surface area contributed by atoms with Crippen LogP contribution in [0.15, 0.2) is 53.3 Å². The Morgan fingerprint density at radius 1 is 1.14 bits per heavy atom. The Bertz CT molecular complexity index is 931. The van der Waals surface area contributed by atoms with Crippen molar-refractivity contribution in [3.63, 3.8) is 0 Å². The van der Waals surface area contributed by atoms with Crippen molar-refractivity contribution < 1.29 is 4.79 Å². The van der Waals surface area contributed by atoms with Crippen molar-refractivity contribution in [3.05, 3.63) is 75.0 Å². The molecule has 0 atom stereocenters. The number of aryl methyl sites for hydroxylation is 1. The van der Waals surface area contributed by atoms with Crippen LogP contribution in [0.1, 0.15) is 15.9 Å². The molecule has 4 nitrogen and oxygen atoms in total. The molecule has 110 valence electrons. The van der Waals surface area contributed by atoms with E-state index in [9.17, 15) is 9.59 Å². The first-order chi connectivity index (χ1) is 10.5. The highest BCUT2D eigenvalue weighted by Crippen LogP contribution is 2.24. The predicted octanol–water partition coefficient (Wildman–Crippen LogP) is 3.74. The fourth-order valence-electron chi connectivity index (χ4n) is 2.30. The van der Waals surface area contributed by atoms with Gasteiger partial charge >= 0.3 is 0 Å². The molecule has 3 rings (SSSR count). The first-order valence-electron chi connectivity index (χ1n) is 6.74. The molecule has 5 heteroatoms. The number of benzene rings is 2. The van der Waals surface area contributed by atoms with Gasteiger partial charge in [0.2, 0.25) is 5.56 Å². The Balaban J connectivity index is 2.04. The Morgan fingerprint density at radius 2 is 1.91 bits per heavy atom. The Morgan fingerprint density at radius 3 is 2.68 bits per heavy atom. The molecule has 0 saturated carbocycles. The maximum Gasteiger partial charge on any atom is 0.256 e. The molecule has 1 amide bonds. The topological polar surface area (TPSA) is 62.0 Å². The number of hydrogen-bond acceptors (Lipinski definition) is 2. The number of fused-ring (bicyclic) bond motifs is 1. The van der Waals surface area contributed by atoms with E-state index >= 15 is 0 Å². The highest BCUT2D eigenvalue weighted by molar-refractivity contribution is 6.34. The van der Waals surface area contributed by atoms with Crippen molar-refractivity contribution >= 4 is 34.1 Å². The molecule has 0 aliphatic heterocycles. The highest BCUT2D eigenvalue weighted by atomic mass is 35.5. The molecule has 2 N–H and O–H groups in total. The Hall–Kier alpha value is -2.59. The van der Waals surface area contributed by atoms with Crippen LogP contribution in [0.5, 0.6) is 0 Å². The van der Waals surface area contributed by atoms with Gasteiger partial charge in [-0.1, -0.05) is 35.9 Å². The minimum Gasteiger partial charge on any atom is -0.322 e. The number of anilines is 1. The number of halogens is 1. The van der Waals surface area contributed by atoms with Gasteiger partial charge in [-0.05, 0) is 30.7 Å². The van der Waals surface area contributed by atoms with Crippen LogP contribution < -0.4 is 10.9 Å². The van der Waals surface area contributed by atoms with E-state index in [-0.39, 0.29) is 11.5 Å². The van der Waals surface area contributed by atoms with E-state index in [4.69, 9.17) is 11.6 Å². The number of amides is 1. The van der Waals surface area contributed by atoms with Crippen LogP contribution in [0.4, 0.5) is 5.69 Å². The second-order valence-corrected chi connectivity index (χ2v) is 5.44. The number of hydrogen-bond donors (Lipinski definition) is 2. The lowest BCUT2D eigenvalue weighted by Gasteiger charge is -2.09. The summed E-state index contributed by atoms with van der Waals surface area (Å²) in [7, 11) is 0. The zero-order chi connectivity index (χ0) is 15.7. The first-order valence-corrected chi connectivity index (χ1v) is 7.12. The average Bonchev–Trinajstić information content (AvgIpc) is 2.49. The summed E-state index contributed by atoms with van der Waals surface area (Å²) in [6.07, 6.45) is 0. The van der Waals surface area contributed by atoms with Crippen molar-refractivity contribution in [3.8, 4) is 0 Å². The molecule has 22 heavy (non-hydrogen) atoms. The number of carbonyl (C=O) groups excluding carboxylic acids is 1. The van der Waals surface area contributed by atoms with Gasteiger partial charge < -0.3 is 10.3 Å². The molecule has 1 heterocycles. The second-order valence-electron chi connectivity index (χ2n) is 5.03. The van der Waals surface area contributed by atoms with Gasteiger partial charge in [0.25, 0.3) is 5.91 Å². The molecule has 0 unspecified atom stereocenters. The van der Waals surface area contributed by atoms with E-state index in [1.165, 1.54) is 6.07 Å². The van der Waals surface area contributed by atoms with Crippen LogP contribution in [-0.4, -0.2) is 10.9 Å². The lowest BCUT2D eigenvalue weighted by molar-refractivity contribution is 0.102. The fraction of sp³-hybridized carbons (Fsp3) is 0.0588. The summed E-state index contributed by atoms with van der Waals surface area (Å²) in [6, 6.07) is 13.8. The molecule has 0 spiro atoms. The largest absolute Gasteiger partial charge is 0.322 e. The number of para-hydroxylation sites is 1. The third-order valence-corrected chi connectivity index (χ3v) is 3.68. The van der Waals surface area contributed by atoms with Crippen LogP contribution in [0.25, 0.3) is 10.9 Å². The van der Waals surface area contributed by atoms with Crippen molar-refractivity contribution in [1.82, 2.24) is 4.98 Å². The molecule has 0 aliphatic carbocycles. The minimum absolute atomic E-state index is 0.316. The second kappa shape index (κ2) is 5.66. The maximum absolute atomic E-state index is 12.5. The van der Waals surface area contributed by atoms with E-state index in [0.717, 1.165) is 5.56 Å². The smallest absolute Gasteiger partial charge is 0.256 e. The van der Waals surface area contributed by atoms with Gasteiger partial charge in [0, 0.05) is 17.0 Å². The minimum atomic E-state index is -0.368. The standard InChI is InChI=1S/C17H13ClN2O2/c1-10-6-7-15(13(18)8-10)20-17(22)12-9-16(21)19-14-5-3-2-4-11(12)14/h2-9H,1H3,(H,19,21)(H,20,22). The normalized spacial score (nSPS) is 10.6. The number of pyridine rings is 1. The van der Waals surface area contributed by atoms with Crippen molar-refractivity contribution in [2.24, 2.45) is 0 Å². The van der Waals surface area contributed by atoms with Gasteiger partial charge in [0.1, 0.15) is 0 Å². The van der Waals surface area contributed by atoms with Crippen LogP contribution in [-0.2, 0) is 0 Å². The van der Waals surface area contributed by atoms with Crippen molar-refractivity contribution in [2.75, 3.05) is 5.32 Å². The van der Waals surface area contributed by atoms with Gasteiger partial charge in [-0.25, -0.2) is 0 Å². The summed E-state index contributed by atoms with van der Waals surface area (Å²) in [5.74, 6) is -0.368. The van der Waals surface area contributed by atoms with Crippen LogP contribution in [0, 0.1) is 6.92 Å². The number of aromatic nitrogens is 1. The van der Waals surface area contributed by atoms with Crippen molar-refractivity contribution in [1.29, 1.82) is 0 Å². The molecule has 1 aromatic heterocycles. The number of carbonyl (C=O) groups is 1. The van der Waals surface area contributed by atoms with Crippen LogP contribution in [0.2, 0.25) is 5.02 Å². The average molecular weight is 313 g/mol. The summed E-state index contributed by atoms with van der Waals surface area (Å²) >= 11 is 6.13. The molecule has 3 aromatic rings. The summed E-state index contributed by atoms with van der Waals surface area (Å²) in [4.78, 5) is 26.9. The van der Waals surface area contributed by atoms with E-state index in [1.807, 2.05) is 19.1 Å².